The molecule has 0 spiro atoms. The minimum atomic E-state index is -0.964. The fourth-order valence-corrected chi connectivity index (χ4v) is 2.56. The summed E-state index contributed by atoms with van der Waals surface area (Å²) in [4.78, 5) is 23.8. The van der Waals surface area contributed by atoms with Crippen LogP contribution < -0.4 is 5.32 Å². The van der Waals surface area contributed by atoms with Crippen molar-refractivity contribution in [2.75, 3.05) is 5.32 Å². The van der Waals surface area contributed by atoms with Gasteiger partial charge >= 0.3 is 5.97 Å². The summed E-state index contributed by atoms with van der Waals surface area (Å²) in [6.45, 7) is 3.46. The molecule has 122 valence electrons. The third-order valence-corrected chi connectivity index (χ3v) is 4.00. The van der Waals surface area contributed by atoms with Crippen molar-refractivity contribution in [3.63, 3.8) is 0 Å². The van der Waals surface area contributed by atoms with Crippen LogP contribution in [0.15, 0.2) is 41.8 Å². The molecule has 2 aromatic rings. The molecule has 0 aliphatic carbocycles. The maximum Gasteiger partial charge on any atom is 0.331 e. The molecular weight excluding hydrogens is 324 g/mol. The first-order valence-corrected chi connectivity index (χ1v) is 8.11. The summed E-state index contributed by atoms with van der Waals surface area (Å²) in [5.74, 6) is -1.09. The summed E-state index contributed by atoms with van der Waals surface area (Å²) in [6.07, 6.45) is 1.94. The highest BCUT2D eigenvalue weighted by Crippen LogP contribution is 2.22. The minimum Gasteiger partial charge on any atom is -0.449 e. The number of nitrogens with zero attached hydrogens (tertiary/aromatic N) is 1. The number of hydrogen-bond donors (Lipinski definition) is 1. The quantitative estimate of drug-likeness (QED) is 0.667. The summed E-state index contributed by atoms with van der Waals surface area (Å²) in [5, 5.41) is 13.6. The van der Waals surface area contributed by atoms with Crippen molar-refractivity contribution in [1.82, 2.24) is 0 Å². The number of hydrogen-bond acceptors (Lipinski definition) is 5. The lowest BCUT2D eigenvalue weighted by atomic mass is 10.1. The molecule has 1 atom stereocenters. The van der Waals surface area contributed by atoms with E-state index in [1.807, 2.05) is 37.3 Å². The number of amides is 1. The second kappa shape index (κ2) is 8.09. The number of esters is 1. The van der Waals surface area contributed by atoms with Crippen molar-refractivity contribution in [3.05, 3.63) is 58.5 Å². The molecule has 2 rings (SSSR count). The molecule has 1 amide bonds. The maximum absolute atomic E-state index is 12.0. The van der Waals surface area contributed by atoms with Crippen LogP contribution in [0.2, 0.25) is 0 Å². The fraction of sp³-hybridized carbons (Fsp3) is 0.167. The monoisotopic (exact) mass is 340 g/mol. The molecule has 1 aromatic carbocycles. The van der Waals surface area contributed by atoms with Gasteiger partial charge in [-0.1, -0.05) is 29.8 Å². The van der Waals surface area contributed by atoms with Crippen molar-refractivity contribution in [1.29, 1.82) is 5.26 Å². The van der Waals surface area contributed by atoms with E-state index in [2.05, 4.69) is 5.32 Å². The summed E-state index contributed by atoms with van der Waals surface area (Å²) in [7, 11) is 0. The second-order valence-corrected chi connectivity index (χ2v) is 6.00. The van der Waals surface area contributed by atoms with Gasteiger partial charge in [-0.25, -0.2) is 4.79 Å². The lowest BCUT2D eigenvalue weighted by Gasteiger charge is -2.11. The van der Waals surface area contributed by atoms with Crippen LogP contribution in [0.4, 0.5) is 5.00 Å². The van der Waals surface area contributed by atoms with Gasteiger partial charge in [0.15, 0.2) is 6.10 Å². The zero-order valence-electron chi connectivity index (χ0n) is 13.3. The number of carbonyl (C=O) groups is 2. The maximum atomic E-state index is 12.0. The summed E-state index contributed by atoms with van der Waals surface area (Å²) < 4.78 is 5.06. The Hall–Kier alpha value is -2.91. The van der Waals surface area contributed by atoms with Crippen LogP contribution in [-0.2, 0) is 14.3 Å². The van der Waals surface area contributed by atoms with E-state index in [1.165, 1.54) is 24.3 Å². The smallest absolute Gasteiger partial charge is 0.331 e. The van der Waals surface area contributed by atoms with Gasteiger partial charge in [0.25, 0.3) is 5.91 Å². The molecule has 0 saturated carbocycles. The highest BCUT2D eigenvalue weighted by atomic mass is 32.1. The van der Waals surface area contributed by atoms with E-state index >= 15 is 0 Å². The molecule has 0 aliphatic rings. The van der Waals surface area contributed by atoms with Gasteiger partial charge in [-0.05, 0) is 36.9 Å². The van der Waals surface area contributed by atoms with Gasteiger partial charge in [-0.15, -0.1) is 11.3 Å². The van der Waals surface area contributed by atoms with Crippen molar-refractivity contribution in [2.45, 2.75) is 20.0 Å². The lowest BCUT2D eigenvalue weighted by molar-refractivity contribution is -0.148. The minimum absolute atomic E-state index is 0.381. The number of anilines is 1. The lowest BCUT2D eigenvalue weighted by Crippen LogP contribution is -2.29. The van der Waals surface area contributed by atoms with Crippen LogP contribution >= 0.6 is 11.3 Å². The predicted molar refractivity (Wildman–Crippen MR) is 93.4 cm³/mol. The molecule has 0 bridgehead atoms. The average Bonchev–Trinajstić information content (AvgIpc) is 3.01. The molecule has 1 aromatic heterocycles. The van der Waals surface area contributed by atoms with E-state index in [-0.39, 0.29) is 0 Å². The van der Waals surface area contributed by atoms with E-state index < -0.39 is 18.0 Å². The Bertz CT molecular complexity index is 800. The molecule has 24 heavy (non-hydrogen) atoms. The van der Waals surface area contributed by atoms with Crippen molar-refractivity contribution >= 4 is 34.3 Å². The average molecular weight is 340 g/mol. The van der Waals surface area contributed by atoms with Crippen molar-refractivity contribution < 1.29 is 14.3 Å². The van der Waals surface area contributed by atoms with Gasteiger partial charge in [0, 0.05) is 6.08 Å². The standard InChI is InChI=1S/C18H16N2O3S/c1-12-3-5-14(6-4-12)7-8-16(21)23-13(2)17(22)20-18-15(11-19)9-10-24-18/h3-10,13H,1-2H3,(H,20,22)/b8-7+. The number of benzene rings is 1. The van der Waals surface area contributed by atoms with Gasteiger partial charge in [-0.2, -0.15) is 5.26 Å². The predicted octanol–water partition coefficient (Wildman–Crippen LogP) is 3.51. The molecule has 1 unspecified atom stereocenters. The van der Waals surface area contributed by atoms with Gasteiger partial charge in [0.05, 0.1) is 5.56 Å². The molecule has 1 heterocycles. The zero-order valence-corrected chi connectivity index (χ0v) is 14.1. The summed E-state index contributed by atoms with van der Waals surface area (Å²) in [6, 6.07) is 11.2. The number of carbonyl (C=O) groups excluding carboxylic acids is 2. The molecule has 5 nitrogen and oxygen atoms in total. The van der Waals surface area contributed by atoms with Crippen LogP contribution in [0.3, 0.4) is 0 Å². The first kappa shape index (κ1) is 17.4. The van der Waals surface area contributed by atoms with Crippen LogP contribution in [0, 0.1) is 18.3 Å². The molecule has 0 fully saturated rings. The molecule has 1 N–H and O–H groups in total. The van der Waals surface area contributed by atoms with Crippen LogP contribution in [0.5, 0.6) is 0 Å². The Kier molecular flexibility index (Phi) is 5.88. The normalized spacial score (nSPS) is 11.7. The second-order valence-electron chi connectivity index (χ2n) is 5.09. The molecule has 0 aliphatic heterocycles. The molecule has 6 heteroatoms. The Labute approximate surface area is 144 Å². The highest BCUT2D eigenvalue weighted by molar-refractivity contribution is 7.14. The van der Waals surface area contributed by atoms with Crippen LogP contribution in [0.1, 0.15) is 23.6 Å². The van der Waals surface area contributed by atoms with Crippen molar-refractivity contribution in [3.8, 4) is 6.07 Å². The molecule has 0 radical (unpaired) electrons. The number of aryl methyl sites for hydroxylation is 1. The largest absolute Gasteiger partial charge is 0.449 e. The SMILES string of the molecule is Cc1ccc(/C=C/C(=O)OC(C)C(=O)Nc2sccc2C#N)cc1. The first-order chi connectivity index (χ1) is 11.5. The Balaban J connectivity index is 1.90. The van der Waals surface area contributed by atoms with E-state index in [1.54, 1.807) is 17.5 Å². The van der Waals surface area contributed by atoms with E-state index in [9.17, 15) is 9.59 Å². The third kappa shape index (κ3) is 4.80. The number of rotatable bonds is 5. The number of thiophene rings is 1. The summed E-state index contributed by atoms with van der Waals surface area (Å²) >= 11 is 1.24. The number of nitrogens with one attached hydrogen (secondary N) is 1. The summed E-state index contributed by atoms with van der Waals surface area (Å²) in [5.41, 5.74) is 2.38. The molecule has 0 saturated heterocycles. The topological polar surface area (TPSA) is 79.2 Å². The Morgan fingerprint density at radius 2 is 2.00 bits per heavy atom. The number of nitriles is 1. The first-order valence-electron chi connectivity index (χ1n) is 7.23. The van der Waals surface area contributed by atoms with E-state index in [0.29, 0.717) is 10.6 Å². The Morgan fingerprint density at radius 1 is 1.29 bits per heavy atom. The third-order valence-electron chi connectivity index (χ3n) is 3.17. The van der Waals surface area contributed by atoms with Gasteiger partial charge in [0.2, 0.25) is 0 Å². The van der Waals surface area contributed by atoms with Crippen LogP contribution in [-0.4, -0.2) is 18.0 Å². The fourth-order valence-electron chi connectivity index (χ4n) is 1.82. The van der Waals surface area contributed by atoms with Gasteiger partial charge < -0.3 is 10.1 Å². The van der Waals surface area contributed by atoms with Crippen molar-refractivity contribution in [2.24, 2.45) is 0 Å². The van der Waals surface area contributed by atoms with Crippen LogP contribution in [0.25, 0.3) is 6.08 Å². The highest BCUT2D eigenvalue weighted by Gasteiger charge is 2.18. The van der Waals surface area contributed by atoms with E-state index in [0.717, 1.165) is 11.1 Å². The van der Waals surface area contributed by atoms with Gasteiger partial charge in [0.1, 0.15) is 11.1 Å². The Morgan fingerprint density at radius 3 is 2.67 bits per heavy atom. The van der Waals surface area contributed by atoms with Gasteiger partial charge in [-0.3, -0.25) is 4.79 Å². The van der Waals surface area contributed by atoms with E-state index in [4.69, 9.17) is 10.00 Å². The molecular formula is C18H16N2O3S. The number of ether oxygens (including phenoxy) is 1. The zero-order chi connectivity index (χ0) is 17.5.